The number of urea groups is 1. The minimum atomic E-state index is -0.112. The van der Waals surface area contributed by atoms with Crippen LogP contribution in [0.5, 0.6) is 0 Å². The molecule has 1 aliphatic heterocycles. The van der Waals surface area contributed by atoms with Gasteiger partial charge < -0.3 is 20.3 Å². The molecule has 1 aromatic carbocycles. The molecule has 5 heteroatoms. The molecule has 1 aliphatic carbocycles. The van der Waals surface area contributed by atoms with E-state index < -0.39 is 0 Å². The third-order valence-corrected chi connectivity index (χ3v) is 3.83. The van der Waals surface area contributed by atoms with E-state index in [-0.39, 0.29) is 18.2 Å². The number of hydrogen-bond donors (Lipinski definition) is 2. The molecule has 1 saturated heterocycles. The predicted octanol–water partition coefficient (Wildman–Crippen LogP) is 2.58. The first-order chi connectivity index (χ1) is 10.1. The number of amides is 2. The van der Waals surface area contributed by atoms with Gasteiger partial charge in [-0.3, -0.25) is 0 Å². The summed E-state index contributed by atoms with van der Waals surface area (Å²) < 4.78 is 5.78. The van der Waals surface area contributed by atoms with E-state index in [4.69, 9.17) is 4.74 Å². The highest BCUT2D eigenvalue weighted by Gasteiger charge is 2.26. The molecule has 0 bridgehead atoms. The highest BCUT2D eigenvalue weighted by molar-refractivity contribution is 5.93. The minimum Gasteiger partial charge on any atom is -0.372 e. The topological polar surface area (TPSA) is 53.6 Å². The van der Waals surface area contributed by atoms with Gasteiger partial charge in [0.15, 0.2) is 0 Å². The van der Waals surface area contributed by atoms with Crippen LogP contribution in [0.1, 0.15) is 26.7 Å². The van der Waals surface area contributed by atoms with Crippen LogP contribution in [0.3, 0.4) is 0 Å². The number of hydrogen-bond acceptors (Lipinski definition) is 3. The van der Waals surface area contributed by atoms with E-state index in [1.807, 2.05) is 18.2 Å². The van der Waals surface area contributed by atoms with Crippen LogP contribution in [0.15, 0.2) is 24.3 Å². The Hall–Kier alpha value is -1.75. The van der Waals surface area contributed by atoms with Crippen molar-refractivity contribution in [3.8, 4) is 0 Å². The van der Waals surface area contributed by atoms with E-state index in [1.54, 1.807) is 0 Å². The molecule has 0 radical (unpaired) electrons. The Labute approximate surface area is 125 Å². The lowest BCUT2D eigenvalue weighted by molar-refractivity contribution is -0.00517. The average Bonchev–Trinajstić information content (AvgIpc) is 3.22. The monoisotopic (exact) mass is 289 g/mol. The van der Waals surface area contributed by atoms with Gasteiger partial charge in [-0.05, 0) is 38.8 Å². The van der Waals surface area contributed by atoms with Gasteiger partial charge >= 0.3 is 6.03 Å². The SMILES string of the molecule is C[C@@H]1CN(c2ccccc2NC(=O)NC2CC2)C[C@@H](C)O1. The Morgan fingerprint density at radius 3 is 2.52 bits per heavy atom. The summed E-state index contributed by atoms with van der Waals surface area (Å²) in [5, 5.41) is 5.93. The number of para-hydroxylation sites is 2. The number of ether oxygens (including phenoxy) is 1. The molecule has 2 fully saturated rings. The predicted molar refractivity (Wildman–Crippen MR) is 83.8 cm³/mol. The molecule has 1 saturated carbocycles. The highest BCUT2D eigenvalue weighted by atomic mass is 16.5. The second-order valence-electron chi connectivity index (χ2n) is 6.05. The fraction of sp³-hybridized carbons (Fsp3) is 0.562. The van der Waals surface area contributed by atoms with Crippen LogP contribution in [0, 0.1) is 0 Å². The maximum atomic E-state index is 12.0. The lowest BCUT2D eigenvalue weighted by Crippen LogP contribution is -2.45. The van der Waals surface area contributed by atoms with Crippen molar-refractivity contribution in [1.29, 1.82) is 0 Å². The zero-order valence-electron chi connectivity index (χ0n) is 12.6. The molecular formula is C16H23N3O2. The lowest BCUT2D eigenvalue weighted by atomic mass is 10.1. The van der Waals surface area contributed by atoms with Crippen molar-refractivity contribution in [2.24, 2.45) is 0 Å². The number of carbonyl (C=O) groups is 1. The largest absolute Gasteiger partial charge is 0.372 e. The molecule has 21 heavy (non-hydrogen) atoms. The van der Waals surface area contributed by atoms with Crippen molar-refractivity contribution in [3.63, 3.8) is 0 Å². The van der Waals surface area contributed by atoms with Gasteiger partial charge in [0.1, 0.15) is 0 Å². The van der Waals surface area contributed by atoms with E-state index in [0.29, 0.717) is 6.04 Å². The first-order valence-corrected chi connectivity index (χ1v) is 7.69. The molecule has 2 N–H and O–H groups in total. The molecule has 1 aromatic rings. The molecule has 0 aromatic heterocycles. The van der Waals surface area contributed by atoms with E-state index in [1.165, 1.54) is 0 Å². The van der Waals surface area contributed by atoms with Crippen LogP contribution in [-0.2, 0) is 4.74 Å². The number of carbonyl (C=O) groups excluding carboxylic acids is 1. The van der Waals surface area contributed by atoms with Gasteiger partial charge in [0.2, 0.25) is 0 Å². The van der Waals surface area contributed by atoms with Gasteiger partial charge in [-0.15, -0.1) is 0 Å². The molecule has 1 heterocycles. The number of rotatable bonds is 3. The first-order valence-electron chi connectivity index (χ1n) is 7.69. The van der Waals surface area contributed by atoms with Crippen molar-refractivity contribution in [1.82, 2.24) is 5.32 Å². The first kappa shape index (κ1) is 14.2. The van der Waals surface area contributed by atoms with E-state index in [0.717, 1.165) is 37.3 Å². The lowest BCUT2D eigenvalue weighted by Gasteiger charge is -2.37. The fourth-order valence-electron chi connectivity index (χ4n) is 2.80. The third-order valence-electron chi connectivity index (χ3n) is 3.83. The van der Waals surface area contributed by atoms with E-state index in [9.17, 15) is 4.79 Å². The molecule has 3 rings (SSSR count). The van der Waals surface area contributed by atoms with Crippen molar-refractivity contribution in [2.75, 3.05) is 23.3 Å². The summed E-state index contributed by atoms with van der Waals surface area (Å²) in [6.07, 6.45) is 2.57. The minimum absolute atomic E-state index is 0.112. The van der Waals surface area contributed by atoms with Crippen LogP contribution in [0.2, 0.25) is 0 Å². The van der Waals surface area contributed by atoms with E-state index in [2.05, 4.69) is 35.4 Å². The molecular weight excluding hydrogens is 266 g/mol. The summed E-state index contributed by atoms with van der Waals surface area (Å²) in [5.41, 5.74) is 1.92. The average molecular weight is 289 g/mol. The smallest absolute Gasteiger partial charge is 0.319 e. The molecule has 2 amide bonds. The molecule has 5 nitrogen and oxygen atoms in total. The summed E-state index contributed by atoms with van der Waals surface area (Å²) in [6, 6.07) is 8.21. The summed E-state index contributed by atoms with van der Waals surface area (Å²) >= 11 is 0. The normalized spacial score (nSPS) is 25.5. The summed E-state index contributed by atoms with van der Waals surface area (Å²) in [6.45, 7) is 5.84. The number of anilines is 2. The Morgan fingerprint density at radius 2 is 1.86 bits per heavy atom. The number of benzene rings is 1. The number of morpholine rings is 1. The Bertz CT molecular complexity index is 506. The maximum Gasteiger partial charge on any atom is 0.319 e. The van der Waals surface area contributed by atoms with Crippen molar-refractivity contribution >= 4 is 17.4 Å². The standard InChI is InChI=1S/C16H23N3O2/c1-11-9-19(10-12(2)21-11)15-6-4-3-5-14(15)18-16(20)17-13-7-8-13/h3-6,11-13H,7-10H2,1-2H3,(H2,17,18,20)/t11-,12-/m1/s1. The number of nitrogens with one attached hydrogen (secondary N) is 2. The van der Waals surface area contributed by atoms with Gasteiger partial charge in [-0.2, -0.15) is 0 Å². The third kappa shape index (κ3) is 3.67. The zero-order valence-corrected chi connectivity index (χ0v) is 12.6. The fourth-order valence-corrected chi connectivity index (χ4v) is 2.80. The summed E-state index contributed by atoms with van der Waals surface area (Å²) in [4.78, 5) is 14.2. The summed E-state index contributed by atoms with van der Waals surface area (Å²) in [5.74, 6) is 0. The molecule has 2 aliphatic rings. The summed E-state index contributed by atoms with van der Waals surface area (Å²) in [7, 11) is 0. The van der Waals surface area contributed by atoms with Crippen molar-refractivity contribution < 1.29 is 9.53 Å². The second-order valence-corrected chi connectivity index (χ2v) is 6.05. The number of nitrogens with zero attached hydrogens (tertiary/aromatic N) is 1. The van der Waals surface area contributed by atoms with Crippen LogP contribution >= 0.6 is 0 Å². The quantitative estimate of drug-likeness (QED) is 0.899. The molecule has 0 unspecified atom stereocenters. The van der Waals surface area contributed by atoms with Crippen LogP contribution in [0.4, 0.5) is 16.2 Å². The second kappa shape index (κ2) is 5.93. The molecule has 0 spiro atoms. The van der Waals surface area contributed by atoms with Crippen molar-refractivity contribution in [3.05, 3.63) is 24.3 Å². The molecule has 114 valence electrons. The van der Waals surface area contributed by atoms with Crippen LogP contribution in [-0.4, -0.2) is 37.4 Å². The van der Waals surface area contributed by atoms with Gasteiger partial charge in [0.25, 0.3) is 0 Å². The van der Waals surface area contributed by atoms with Gasteiger partial charge in [0, 0.05) is 19.1 Å². The maximum absolute atomic E-state index is 12.0. The van der Waals surface area contributed by atoms with Gasteiger partial charge in [-0.25, -0.2) is 4.79 Å². The van der Waals surface area contributed by atoms with E-state index >= 15 is 0 Å². The molecule has 2 atom stereocenters. The van der Waals surface area contributed by atoms with Gasteiger partial charge in [0.05, 0.1) is 23.6 Å². The van der Waals surface area contributed by atoms with Crippen LogP contribution in [0.25, 0.3) is 0 Å². The van der Waals surface area contributed by atoms with Gasteiger partial charge in [-0.1, -0.05) is 12.1 Å². The van der Waals surface area contributed by atoms with Crippen LogP contribution < -0.4 is 15.5 Å². The Morgan fingerprint density at radius 1 is 1.19 bits per heavy atom. The highest BCUT2D eigenvalue weighted by Crippen LogP contribution is 2.28. The van der Waals surface area contributed by atoms with Crippen molar-refractivity contribution in [2.45, 2.75) is 44.9 Å². The Kier molecular flexibility index (Phi) is 4.01. The Balaban J connectivity index is 1.73. The zero-order chi connectivity index (χ0) is 14.8.